The summed E-state index contributed by atoms with van der Waals surface area (Å²) in [5.41, 5.74) is -4.22. The lowest BCUT2D eigenvalue weighted by Crippen LogP contribution is -2.63. The van der Waals surface area contributed by atoms with Crippen LogP contribution in [0.25, 0.3) is 0 Å². The van der Waals surface area contributed by atoms with Crippen molar-refractivity contribution in [1.82, 2.24) is 0 Å². The van der Waals surface area contributed by atoms with Gasteiger partial charge in [0.15, 0.2) is 18.3 Å². The van der Waals surface area contributed by atoms with E-state index in [2.05, 4.69) is 6.92 Å². The van der Waals surface area contributed by atoms with Crippen LogP contribution in [-0.2, 0) is 42.9 Å². The average molecular weight is 785 g/mol. The second-order valence-corrected chi connectivity index (χ2v) is 20.6. The number of esters is 4. The quantitative estimate of drug-likeness (QED) is 0.0563. The summed E-state index contributed by atoms with van der Waals surface area (Å²) in [4.78, 5) is 53.2. The molecule has 1 rings (SSSR count). The minimum absolute atomic E-state index is 0.238. The van der Waals surface area contributed by atoms with Crippen LogP contribution in [0.5, 0.6) is 0 Å². The molecule has 1 heterocycles. The highest BCUT2D eigenvalue weighted by Gasteiger charge is 2.54. The lowest BCUT2D eigenvalue weighted by atomic mass is 9.93. The van der Waals surface area contributed by atoms with Crippen molar-refractivity contribution in [3.8, 4) is 0 Å². The van der Waals surface area contributed by atoms with Gasteiger partial charge >= 0.3 is 23.9 Å². The van der Waals surface area contributed by atoms with Crippen LogP contribution in [0.4, 0.5) is 0 Å². The van der Waals surface area contributed by atoms with Gasteiger partial charge in [0.25, 0.3) is 0 Å². The third-order valence-electron chi connectivity index (χ3n) is 9.43. The molecular weight excluding hydrogens is 705 g/mol. The fourth-order valence-corrected chi connectivity index (χ4v) is 6.90. The van der Waals surface area contributed by atoms with Gasteiger partial charge in [-0.15, -0.1) is 11.8 Å². The van der Waals surface area contributed by atoms with E-state index in [9.17, 15) is 19.2 Å². The van der Waals surface area contributed by atoms with Crippen LogP contribution in [0.1, 0.15) is 193 Å². The molecule has 5 atom stereocenters. The molecule has 10 heteroatoms. The highest BCUT2D eigenvalue weighted by molar-refractivity contribution is 7.99. The zero-order chi connectivity index (χ0) is 41.2. The van der Waals surface area contributed by atoms with Crippen LogP contribution in [-0.4, -0.2) is 66.1 Å². The Hall–Kier alpha value is -1.81. The summed E-state index contributed by atoms with van der Waals surface area (Å²) < 4.78 is 30.6. The third-order valence-corrected chi connectivity index (χ3v) is 10.7. The molecule has 0 aromatic heterocycles. The molecule has 0 bridgehead atoms. The van der Waals surface area contributed by atoms with Crippen LogP contribution < -0.4 is 0 Å². The van der Waals surface area contributed by atoms with Crippen molar-refractivity contribution < 1.29 is 42.9 Å². The summed E-state index contributed by atoms with van der Waals surface area (Å²) in [7, 11) is 0. The van der Waals surface area contributed by atoms with Gasteiger partial charge in [-0.05, 0) is 95.3 Å². The van der Waals surface area contributed by atoms with E-state index in [1.165, 1.54) is 95.2 Å². The van der Waals surface area contributed by atoms with E-state index in [1.807, 2.05) is 0 Å². The largest absolute Gasteiger partial charge is 0.462 e. The maximum atomic E-state index is 13.5. The molecule has 1 aliphatic rings. The van der Waals surface area contributed by atoms with Gasteiger partial charge < -0.3 is 23.7 Å². The first kappa shape index (κ1) is 50.2. The van der Waals surface area contributed by atoms with Gasteiger partial charge in [-0.3, -0.25) is 19.2 Å². The molecule has 0 radical (unpaired) electrons. The predicted octanol–water partition coefficient (Wildman–Crippen LogP) is 11.2. The van der Waals surface area contributed by atoms with Crippen molar-refractivity contribution in [3.63, 3.8) is 0 Å². The Morgan fingerprint density at radius 1 is 0.463 bits per heavy atom. The standard InChI is InChI=1S/C44H80O9S/c1-14-15-16-17-18-19-20-21-22-23-24-25-26-27-28-29-30-54-36-35(53-40(48)44(11,12)13)34(52-39(47)43(8,9)10)33(51-38(46)42(5,6)7)32(50-36)31-49-37(45)41(2,3)4/h32-36H,14-31H2,1-13H3/t32-,33-,34+,35-,36+/m1/s1. The van der Waals surface area contributed by atoms with Crippen LogP contribution in [0.15, 0.2) is 0 Å². The Labute approximate surface area is 334 Å². The molecule has 0 N–H and O–H groups in total. The molecule has 0 aromatic carbocycles. The van der Waals surface area contributed by atoms with Crippen molar-refractivity contribution in [2.75, 3.05) is 12.4 Å². The van der Waals surface area contributed by atoms with Crippen LogP contribution in [0.2, 0.25) is 0 Å². The molecule has 1 fully saturated rings. The van der Waals surface area contributed by atoms with E-state index in [0.29, 0.717) is 5.75 Å². The van der Waals surface area contributed by atoms with Gasteiger partial charge in [-0.1, -0.05) is 103 Å². The van der Waals surface area contributed by atoms with Crippen LogP contribution >= 0.6 is 11.8 Å². The van der Waals surface area contributed by atoms with E-state index in [1.54, 1.807) is 83.1 Å². The molecule has 0 saturated carbocycles. The Kier molecular flexibility index (Phi) is 22.4. The number of unbranched alkanes of at least 4 members (excludes halogenated alkanes) is 15. The molecule has 0 amide bonds. The van der Waals surface area contributed by atoms with E-state index >= 15 is 0 Å². The van der Waals surface area contributed by atoms with Gasteiger partial charge in [0, 0.05) is 0 Å². The first-order chi connectivity index (χ1) is 25.0. The highest BCUT2D eigenvalue weighted by Crippen LogP contribution is 2.38. The van der Waals surface area contributed by atoms with Crippen molar-refractivity contribution in [2.24, 2.45) is 21.7 Å². The summed E-state index contributed by atoms with van der Waals surface area (Å²) in [6.45, 7) is 22.9. The Balaban J connectivity index is 3.04. The maximum Gasteiger partial charge on any atom is 0.311 e. The van der Waals surface area contributed by atoms with Gasteiger partial charge in [-0.25, -0.2) is 0 Å². The molecule has 1 saturated heterocycles. The van der Waals surface area contributed by atoms with Crippen LogP contribution in [0.3, 0.4) is 0 Å². The molecule has 1 aliphatic heterocycles. The summed E-state index contributed by atoms with van der Waals surface area (Å²) in [6.07, 6.45) is 16.0. The van der Waals surface area contributed by atoms with Crippen molar-refractivity contribution in [3.05, 3.63) is 0 Å². The minimum Gasteiger partial charge on any atom is -0.462 e. The molecule has 0 aliphatic carbocycles. The monoisotopic (exact) mass is 785 g/mol. The second-order valence-electron chi connectivity index (χ2n) is 19.4. The minimum atomic E-state index is -1.21. The lowest BCUT2D eigenvalue weighted by molar-refractivity contribution is -0.246. The molecule has 0 spiro atoms. The van der Waals surface area contributed by atoms with Gasteiger partial charge in [0.05, 0.1) is 21.7 Å². The van der Waals surface area contributed by atoms with Gasteiger partial charge in [0.2, 0.25) is 0 Å². The summed E-state index contributed by atoms with van der Waals surface area (Å²) in [5.74, 6) is -1.34. The van der Waals surface area contributed by atoms with Crippen molar-refractivity contribution >= 4 is 35.6 Å². The normalized spacial score (nSPS) is 21.0. The zero-order valence-electron chi connectivity index (χ0n) is 36.7. The molecule has 54 heavy (non-hydrogen) atoms. The third kappa shape index (κ3) is 19.9. The maximum absolute atomic E-state index is 13.5. The summed E-state index contributed by atoms with van der Waals surface area (Å²) in [6, 6.07) is 0. The number of thioether (sulfide) groups is 1. The average Bonchev–Trinajstić information content (AvgIpc) is 3.05. The zero-order valence-corrected chi connectivity index (χ0v) is 37.5. The van der Waals surface area contributed by atoms with E-state index in [-0.39, 0.29) is 6.61 Å². The molecule has 316 valence electrons. The SMILES string of the molecule is CCCCCCCCCCCCCCCCCCS[C@@H]1O[C@H](COC(=O)C(C)(C)C)[C@@H](OC(=O)C(C)(C)C)[C@H](OC(=O)C(C)(C)C)[C@H]1OC(=O)C(C)(C)C. The summed E-state index contributed by atoms with van der Waals surface area (Å²) in [5, 5.41) is 0. The first-order valence-corrected chi connectivity index (χ1v) is 22.1. The Morgan fingerprint density at radius 2 is 0.796 bits per heavy atom. The highest BCUT2D eigenvalue weighted by atomic mass is 32.2. The van der Waals surface area contributed by atoms with E-state index < -0.39 is 75.4 Å². The number of hydrogen-bond donors (Lipinski definition) is 0. The topological polar surface area (TPSA) is 114 Å². The molecule has 0 aromatic rings. The summed E-state index contributed by atoms with van der Waals surface area (Å²) >= 11 is 1.48. The number of rotatable bonds is 23. The van der Waals surface area contributed by atoms with Gasteiger partial charge in [-0.2, -0.15) is 0 Å². The predicted molar refractivity (Wildman–Crippen MR) is 219 cm³/mol. The fourth-order valence-electron chi connectivity index (χ4n) is 5.67. The lowest BCUT2D eigenvalue weighted by Gasteiger charge is -2.46. The first-order valence-electron chi connectivity index (χ1n) is 21.1. The number of carbonyl (C=O) groups is 4. The van der Waals surface area contributed by atoms with E-state index in [4.69, 9.17) is 23.7 Å². The molecule has 0 unspecified atom stereocenters. The Morgan fingerprint density at radius 3 is 1.17 bits per heavy atom. The molecular formula is C44H80O9S. The fraction of sp³-hybridized carbons (Fsp3) is 0.909. The van der Waals surface area contributed by atoms with E-state index in [0.717, 1.165) is 19.3 Å². The Bertz CT molecular complexity index is 1110. The smallest absolute Gasteiger partial charge is 0.311 e. The van der Waals surface area contributed by atoms with Gasteiger partial charge in [0.1, 0.15) is 18.1 Å². The number of carbonyl (C=O) groups excluding carboxylic acids is 4. The number of ether oxygens (including phenoxy) is 5. The van der Waals surface area contributed by atoms with Crippen molar-refractivity contribution in [1.29, 1.82) is 0 Å². The molecule has 9 nitrogen and oxygen atoms in total. The second kappa shape index (κ2) is 24.1. The van der Waals surface area contributed by atoms with Crippen LogP contribution in [0, 0.1) is 21.7 Å². The number of hydrogen-bond acceptors (Lipinski definition) is 10. The van der Waals surface area contributed by atoms with Crippen molar-refractivity contribution in [2.45, 2.75) is 223 Å².